The lowest BCUT2D eigenvalue weighted by molar-refractivity contribution is -0.147. The Labute approximate surface area is 135 Å². The fraction of sp³-hybridized carbons (Fsp3) is 0.467. The van der Waals surface area contributed by atoms with Crippen molar-refractivity contribution in [2.24, 2.45) is 5.92 Å². The number of alkyl halides is 2. The summed E-state index contributed by atoms with van der Waals surface area (Å²) < 4.78 is -0.663. The number of halogens is 2. The second kappa shape index (κ2) is 5.26. The van der Waals surface area contributed by atoms with Gasteiger partial charge in [0.2, 0.25) is 5.91 Å². The molecule has 5 heteroatoms. The quantitative estimate of drug-likeness (QED) is 0.714. The lowest BCUT2D eigenvalue weighted by Crippen LogP contribution is -2.55. The van der Waals surface area contributed by atoms with Crippen molar-refractivity contribution in [3.63, 3.8) is 0 Å². The number of carbonyl (C=O) groups is 2. The van der Waals surface area contributed by atoms with E-state index >= 15 is 0 Å². The van der Waals surface area contributed by atoms with E-state index in [1.165, 1.54) is 0 Å². The summed E-state index contributed by atoms with van der Waals surface area (Å²) in [4.78, 5) is 26.4. The molecular weight excluding hydrogens is 386 g/mol. The Morgan fingerprint density at radius 1 is 1.20 bits per heavy atom. The van der Waals surface area contributed by atoms with Crippen molar-refractivity contribution in [2.45, 2.75) is 35.1 Å². The third-order valence-corrected chi connectivity index (χ3v) is 5.59. The van der Waals surface area contributed by atoms with Gasteiger partial charge in [0.15, 0.2) is 5.78 Å². The summed E-state index contributed by atoms with van der Waals surface area (Å²) in [5, 5.41) is 0. The molecule has 2 aliphatic rings. The lowest BCUT2D eigenvalue weighted by Gasteiger charge is -2.46. The first-order valence-corrected chi connectivity index (χ1v) is 8.31. The Balaban J connectivity index is 1.82. The zero-order chi connectivity index (χ0) is 14.3. The first kappa shape index (κ1) is 14.3. The van der Waals surface area contributed by atoms with Crippen LogP contribution >= 0.6 is 31.9 Å². The van der Waals surface area contributed by atoms with E-state index < -0.39 is 3.23 Å². The highest BCUT2D eigenvalue weighted by Gasteiger charge is 2.50. The van der Waals surface area contributed by atoms with E-state index in [0.29, 0.717) is 19.4 Å². The van der Waals surface area contributed by atoms with Gasteiger partial charge in [0.05, 0.1) is 0 Å². The molecule has 0 aromatic heterocycles. The van der Waals surface area contributed by atoms with Gasteiger partial charge in [-0.25, -0.2) is 0 Å². The third kappa shape index (κ3) is 2.58. The molecule has 1 aliphatic carbocycles. The van der Waals surface area contributed by atoms with E-state index in [4.69, 9.17) is 0 Å². The highest BCUT2D eigenvalue weighted by molar-refractivity contribution is 9.25. The number of carbonyl (C=O) groups excluding carboxylic acids is 2. The second-order valence-corrected chi connectivity index (χ2v) is 9.34. The lowest BCUT2D eigenvalue weighted by atomic mass is 9.78. The molecule has 1 aromatic carbocycles. The Bertz CT molecular complexity index is 544. The largest absolute Gasteiger partial charge is 0.335 e. The first-order chi connectivity index (χ1) is 9.47. The Kier molecular flexibility index (Phi) is 3.75. The van der Waals surface area contributed by atoms with Crippen LogP contribution in [0.4, 0.5) is 0 Å². The molecule has 20 heavy (non-hydrogen) atoms. The van der Waals surface area contributed by atoms with Crippen LogP contribution in [0.15, 0.2) is 30.3 Å². The first-order valence-electron chi connectivity index (χ1n) is 6.73. The number of ketones is 1. The van der Waals surface area contributed by atoms with Crippen LogP contribution in [0.3, 0.4) is 0 Å². The number of nitrogens with zero attached hydrogens (tertiary/aromatic N) is 1. The molecule has 3 nitrogen and oxygen atoms in total. The van der Waals surface area contributed by atoms with E-state index in [9.17, 15) is 9.59 Å². The van der Waals surface area contributed by atoms with Gasteiger partial charge >= 0.3 is 0 Å². The zero-order valence-electron chi connectivity index (χ0n) is 10.9. The molecule has 1 saturated carbocycles. The van der Waals surface area contributed by atoms with Gasteiger partial charge in [-0.05, 0) is 12.0 Å². The predicted octanol–water partition coefficient (Wildman–Crippen LogP) is 3.25. The topological polar surface area (TPSA) is 37.4 Å². The van der Waals surface area contributed by atoms with Crippen LogP contribution in [0, 0.1) is 5.92 Å². The third-order valence-electron chi connectivity index (χ3n) is 4.16. The minimum absolute atomic E-state index is 0.0963. The van der Waals surface area contributed by atoms with Crippen LogP contribution in [0.25, 0.3) is 0 Å². The molecule has 0 radical (unpaired) electrons. The fourth-order valence-electron chi connectivity index (χ4n) is 3.16. The highest BCUT2D eigenvalue weighted by Crippen LogP contribution is 2.46. The summed E-state index contributed by atoms with van der Waals surface area (Å²) in [5.74, 6) is 0.0624. The maximum atomic E-state index is 12.3. The minimum Gasteiger partial charge on any atom is -0.335 e. The van der Waals surface area contributed by atoms with Gasteiger partial charge in [-0.3, -0.25) is 9.59 Å². The van der Waals surface area contributed by atoms with Crippen molar-refractivity contribution in [3.8, 4) is 0 Å². The molecule has 0 spiro atoms. The molecule has 0 N–H and O–H groups in total. The van der Waals surface area contributed by atoms with Gasteiger partial charge in [0.25, 0.3) is 0 Å². The van der Waals surface area contributed by atoms with E-state index in [1.54, 1.807) is 0 Å². The molecule has 2 atom stereocenters. The van der Waals surface area contributed by atoms with Gasteiger partial charge in [-0.1, -0.05) is 62.2 Å². The SMILES string of the molecule is O=C1CC2C[C@@H](CC(Br)(Br)C2=O)N1Cc1ccccc1. The van der Waals surface area contributed by atoms with Crippen LogP contribution in [0.1, 0.15) is 24.8 Å². The molecule has 1 saturated heterocycles. The number of likely N-dealkylation sites (tertiary alicyclic amines) is 1. The highest BCUT2D eigenvalue weighted by atomic mass is 79.9. The van der Waals surface area contributed by atoms with Crippen LogP contribution in [0.5, 0.6) is 0 Å². The molecule has 1 aliphatic heterocycles. The van der Waals surface area contributed by atoms with Crippen molar-refractivity contribution in [2.75, 3.05) is 0 Å². The Morgan fingerprint density at radius 3 is 2.60 bits per heavy atom. The monoisotopic (exact) mass is 399 g/mol. The Hall–Kier alpha value is -0.680. The van der Waals surface area contributed by atoms with Crippen LogP contribution < -0.4 is 0 Å². The summed E-state index contributed by atoms with van der Waals surface area (Å²) in [5.41, 5.74) is 1.13. The number of rotatable bonds is 2. The molecule has 2 bridgehead atoms. The number of hydrogen-bond acceptors (Lipinski definition) is 2. The zero-order valence-corrected chi connectivity index (χ0v) is 14.1. The number of Topliss-reactive ketones (excluding diaryl/α,β-unsaturated/α-hetero) is 1. The van der Waals surface area contributed by atoms with Crippen molar-refractivity contribution in [3.05, 3.63) is 35.9 Å². The van der Waals surface area contributed by atoms with Gasteiger partial charge in [-0.15, -0.1) is 0 Å². The molecule has 1 unspecified atom stereocenters. The van der Waals surface area contributed by atoms with Crippen LogP contribution in [-0.2, 0) is 16.1 Å². The van der Waals surface area contributed by atoms with E-state index in [2.05, 4.69) is 31.9 Å². The minimum atomic E-state index is -0.663. The van der Waals surface area contributed by atoms with Crippen molar-refractivity contribution >= 4 is 43.6 Å². The average Bonchev–Trinajstić information content (AvgIpc) is 2.41. The molecule has 106 valence electrons. The van der Waals surface area contributed by atoms with E-state index in [1.807, 2.05) is 35.2 Å². The second-order valence-electron chi connectivity index (χ2n) is 5.57. The van der Waals surface area contributed by atoms with Gasteiger partial charge in [-0.2, -0.15) is 0 Å². The molecule has 3 rings (SSSR count). The van der Waals surface area contributed by atoms with Crippen molar-refractivity contribution in [1.29, 1.82) is 0 Å². The van der Waals surface area contributed by atoms with Crippen LogP contribution in [0.2, 0.25) is 0 Å². The number of fused-ring (bicyclic) bond motifs is 2. The summed E-state index contributed by atoms with van der Waals surface area (Å²) >= 11 is 6.95. The van der Waals surface area contributed by atoms with Gasteiger partial charge in [0.1, 0.15) is 3.23 Å². The number of piperidine rings is 1. The molecular formula is C15H15Br2NO2. The van der Waals surface area contributed by atoms with Gasteiger partial charge in [0, 0.05) is 31.3 Å². The molecule has 1 aromatic rings. The molecule has 1 heterocycles. The normalized spacial score (nSPS) is 28.6. The average molecular weight is 401 g/mol. The van der Waals surface area contributed by atoms with Gasteiger partial charge < -0.3 is 4.90 Å². The maximum absolute atomic E-state index is 12.3. The predicted molar refractivity (Wildman–Crippen MR) is 83.7 cm³/mol. The summed E-state index contributed by atoms with van der Waals surface area (Å²) in [7, 11) is 0. The molecule has 2 fully saturated rings. The number of hydrogen-bond donors (Lipinski definition) is 0. The van der Waals surface area contributed by atoms with Crippen LogP contribution in [-0.4, -0.2) is 25.9 Å². The van der Waals surface area contributed by atoms with Crippen molar-refractivity contribution < 1.29 is 9.59 Å². The number of benzene rings is 1. The Morgan fingerprint density at radius 2 is 1.90 bits per heavy atom. The molecule has 1 amide bonds. The summed E-state index contributed by atoms with van der Waals surface area (Å²) in [6.07, 6.45) is 1.75. The maximum Gasteiger partial charge on any atom is 0.223 e. The standard InChI is InChI=1S/C15H15Br2NO2/c16-15(17)8-12-6-11(14(15)20)7-13(19)18(12)9-10-4-2-1-3-5-10/h1-5,11-12H,6-9H2/t11?,12-/m0/s1. The van der Waals surface area contributed by atoms with E-state index in [-0.39, 0.29) is 23.7 Å². The fourth-order valence-corrected chi connectivity index (χ4v) is 4.55. The van der Waals surface area contributed by atoms with E-state index in [0.717, 1.165) is 12.0 Å². The van der Waals surface area contributed by atoms with Crippen molar-refractivity contribution in [1.82, 2.24) is 4.90 Å². The number of amides is 1. The summed E-state index contributed by atoms with van der Waals surface area (Å²) in [6.45, 7) is 0.626. The summed E-state index contributed by atoms with van der Waals surface area (Å²) in [6, 6.07) is 10.1. The smallest absolute Gasteiger partial charge is 0.223 e.